The van der Waals surface area contributed by atoms with Crippen molar-refractivity contribution in [1.82, 2.24) is 5.43 Å². The Morgan fingerprint density at radius 1 is 1.88 bits per heavy atom. The van der Waals surface area contributed by atoms with Crippen molar-refractivity contribution in [2.24, 2.45) is 15.8 Å². The van der Waals surface area contributed by atoms with E-state index in [1.54, 1.807) is 7.05 Å². The first kappa shape index (κ1) is 7.10. The molecular formula is C4H10N4. The molecule has 0 aliphatic carbocycles. The van der Waals surface area contributed by atoms with Gasteiger partial charge in [0, 0.05) is 13.8 Å². The van der Waals surface area contributed by atoms with E-state index >= 15 is 0 Å². The summed E-state index contributed by atoms with van der Waals surface area (Å²) in [5.41, 5.74) is 7.71. The first-order chi connectivity index (χ1) is 3.85. The highest BCUT2D eigenvalue weighted by Gasteiger charge is 1.85. The molecule has 0 spiro atoms. The third kappa shape index (κ3) is 2.30. The molecule has 0 aromatic heterocycles. The Labute approximate surface area is 48.5 Å². The van der Waals surface area contributed by atoms with Gasteiger partial charge in [-0.25, -0.2) is 0 Å². The summed E-state index contributed by atoms with van der Waals surface area (Å²) in [6.07, 6.45) is 0. The molecule has 0 aliphatic heterocycles. The highest BCUT2D eigenvalue weighted by atomic mass is 15.3. The van der Waals surface area contributed by atoms with Crippen LogP contribution in [0.5, 0.6) is 0 Å². The summed E-state index contributed by atoms with van der Waals surface area (Å²) in [5, 5.41) is 3.37. The Kier molecular flexibility index (Phi) is 3.78. The van der Waals surface area contributed by atoms with Crippen molar-refractivity contribution in [1.29, 1.82) is 0 Å². The molecule has 0 saturated carbocycles. The van der Waals surface area contributed by atoms with E-state index < -0.39 is 0 Å². The number of hydrogen-bond acceptors (Lipinski definition) is 3. The van der Waals surface area contributed by atoms with Gasteiger partial charge in [0.1, 0.15) is 5.84 Å². The van der Waals surface area contributed by atoms with Gasteiger partial charge >= 0.3 is 0 Å². The predicted octanol–water partition coefficient (Wildman–Crippen LogP) is -0.821. The zero-order valence-electron chi connectivity index (χ0n) is 4.89. The second-order valence-corrected chi connectivity index (χ2v) is 1.14. The fraction of sp³-hybridized carbons (Fsp3) is 0.500. The molecule has 0 fully saturated rings. The van der Waals surface area contributed by atoms with Gasteiger partial charge in [-0.15, -0.1) is 0 Å². The largest absolute Gasteiger partial charge is 0.324 e. The summed E-state index contributed by atoms with van der Waals surface area (Å²) in [6, 6.07) is 0. The normalized spacial score (nSPS) is 11.0. The van der Waals surface area contributed by atoms with Crippen molar-refractivity contribution in [2.45, 2.75) is 0 Å². The minimum Gasteiger partial charge on any atom is -0.324 e. The lowest BCUT2D eigenvalue weighted by Gasteiger charge is -1.96. The molecule has 0 amide bonds. The van der Waals surface area contributed by atoms with Crippen molar-refractivity contribution in [3.63, 3.8) is 0 Å². The molecule has 0 aromatic rings. The average Bonchev–Trinajstić information content (AvgIpc) is 1.83. The molecule has 4 heteroatoms. The molecule has 4 nitrogen and oxygen atoms in total. The van der Waals surface area contributed by atoms with Gasteiger partial charge in [-0.2, -0.15) is 5.10 Å². The van der Waals surface area contributed by atoms with E-state index in [-0.39, 0.29) is 0 Å². The van der Waals surface area contributed by atoms with Crippen LogP contribution in [0.1, 0.15) is 0 Å². The van der Waals surface area contributed by atoms with E-state index in [0.717, 1.165) is 0 Å². The fourth-order valence-corrected chi connectivity index (χ4v) is 0.278. The monoisotopic (exact) mass is 114 g/mol. The van der Waals surface area contributed by atoms with Crippen LogP contribution in [0.4, 0.5) is 0 Å². The van der Waals surface area contributed by atoms with Crippen LogP contribution in [-0.2, 0) is 0 Å². The molecule has 0 bridgehead atoms. The van der Waals surface area contributed by atoms with Crippen molar-refractivity contribution in [3.8, 4) is 0 Å². The Morgan fingerprint density at radius 3 is 2.62 bits per heavy atom. The maximum Gasteiger partial charge on any atom is 0.130 e. The molecule has 3 N–H and O–H groups in total. The van der Waals surface area contributed by atoms with Crippen LogP contribution in [-0.4, -0.2) is 26.1 Å². The second kappa shape index (κ2) is 4.26. The lowest BCUT2D eigenvalue weighted by molar-refractivity contribution is 0.994. The molecule has 0 aromatic carbocycles. The molecule has 0 aliphatic rings. The highest BCUT2D eigenvalue weighted by molar-refractivity contribution is 5.83. The average molecular weight is 114 g/mol. The lowest BCUT2D eigenvalue weighted by Crippen LogP contribution is -2.26. The number of amidine groups is 1. The van der Waals surface area contributed by atoms with E-state index in [1.165, 1.54) is 0 Å². The number of aliphatic imine (C=N–C) groups is 1. The summed E-state index contributed by atoms with van der Waals surface area (Å²) < 4.78 is 0. The molecule has 0 atom stereocenters. The van der Waals surface area contributed by atoms with Crippen molar-refractivity contribution < 1.29 is 0 Å². The maximum atomic E-state index is 5.19. The first-order valence-electron chi connectivity index (χ1n) is 2.22. The Balaban J connectivity index is 3.53. The number of hydrogen-bond donors (Lipinski definition) is 2. The van der Waals surface area contributed by atoms with E-state index in [0.29, 0.717) is 12.4 Å². The Bertz CT molecular complexity index is 96.2. The summed E-state index contributed by atoms with van der Waals surface area (Å²) in [7, 11) is 1.64. The van der Waals surface area contributed by atoms with E-state index in [2.05, 4.69) is 22.2 Å². The van der Waals surface area contributed by atoms with E-state index in [1.807, 2.05) is 0 Å². The van der Waals surface area contributed by atoms with Crippen molar-refractivity contribution in [2.75, 3.05) is 13.6 Å². The molecule has 8 heavy (non-hydrogen) atoms. The van der Waals surface area contributed by atoms with Gasteiger partial charge < -0.3 is 5.73 Å². The van der Waals surface area contributed by atoms with Crippen LogP contribution in [0.25, 0.3) is 0 Å². The first-order valence-corrected chi connectivity index (χ1v) is 2.22. The molecule has 0 saturated heterocycles. The van der Waals surface area contributed by atoms with E-state index in [4.69, 9.17) is 5.73 Å². The predicted molar refractivity (Wildman–Crippen MR) is 35.1 cm³/mol. The van der Waals surface area contributed by atoms with Gasteiger partial charge in [-0.3, -0.25) is 10.4 Å². The van der Waals surface area contributed by atoms with Gasteiger partial charge in [0.25, 0.3) is 0 Å². The minimum absolute atomic E-state index is 0.371. The molecule has 0 rings (SSSR count). The molecule has 0 heterocycles. The Hall–Kier alpha value is -0.900. The number of nitrogens with two attached hydrogens (primary N) is 1. The van der Waals surface area contributed by atoms with Gasteiger partial charge in [0.15, 0.2) is 0 Å². The quantitative estimate of drug-likeness (QED) is 0.280. The molecular weight excluding hydrogens is 104 g/mol. The zero-order valence-corrected chi connectivity index (χ0v) is 4.89. The molecule has 46 valence electrons. The number of rotatable bonds is 2. The topological polar surface area (TPSA) is 62.8 Å². The number of nitrogens with zero attached hydrogens (tertiary/aromatic N) is 2. The smallest absolute Gasteiger partial charge is 0.130 e. The third-order valence-corrected chi connectivity index (χ3v) is 0.671. The standard InChI is InChI=1S/C4H10N4/c1-6-4(3-5)8-7-2/h2-3,5H2,1H3,(H,6,8). The van der Waals surface area contributed by atoms with Gasteiger partial charge in [-0.05, 0) is 0 Å². The van der Waals surface area contributed by atoms with Crippen LogP contribution < -0.4 is 11.2 Å². The number of hydrazone groups is 1. The van der Waals surface area contributed by atoms with Crippen LogP contribution in [0.3, 0.4) is 0 Å². The van der Waals surface area contributed by atoms with Crippen LogP contribution in [0, 0.1) is 0 Å². The van der Waals surface area contributed by atoms with Crippen LogP contribution in [0.15, 0.2) is 10.1 Å². The van der Waals surface area contributed by atoms with Gasteiger partial charge in [0.05, 0.1) is 6.54 Å². The van der Waals surface area contributed by atoms with E-state index in [9.17, 15) is 0 Å². The SMILES string of the molecule is C=NNC(CN)=NC. The minimum atomic E-state index is 0.371. The second-order valence-electron chi connectivity index (χ2n) is 1.14. The third-order valence-electron chi connectivity index (χ3n) is 0.671. The fourth-order valence-electron chi connectivity index (χ4n) is 0.278. The summed E-state index contributed by atoms with van der Waals surface area (Å²) >= 11 is 0. The summed E-state index contributed by atoms with van der Waals surface area (Å²) in [5.74, 6) is 0.639. The molecule has 0 radical (unpaired) electrons. The molecule has 0 unspecified atom stereocenters. The zero-order chi connectivity index (χ0) is 6.41. The maximum absolute atomic E-state index is 5.19. The summed E-state index contributed by atoms with van der Waals surface area (Å²) in [6.45, 7) is 3.57. The van der Waals surface area contributed by atoms with Crippen molar-refractivity contribution >= 4 is 12.6 Å². The van der Waals surface area contributed by atoms with Crippen LogP contribution >= 0.6 is 0 Å². The highest BCUT2D eigenvalue weighted by Crippen LogP contribution is 1.63. The lowest BCUT2D eigenvalue weighted by atomic mass is 10.6. The summed E-state index contributed by atoms with van der Waals surface area (Å²) in [4.78, 5) is 3.74. The number of nitrogens with one attached hydrogen (secondary N) is 1. The van der Waals surface area contributed by atoms with Gasteiger partial charge in [0.2, 0.25) is 0 Å². The van der Waals surface area contributed by atoms with Gasteiger partial charge in [-0.1, -0.05) is 0 Å². The Morgan fingerprint density at radius 2 is 2.50 bits per heavy atom. The van der Waals surface area contributed by atoms with Crippen LogP contribution in [0.2, 0.25) is 0 Å². The van der Waals surface area contributed by atoms with Crippen molar-refractivity contribution in [3.05, 3.63) is 0 Å².